The molecule has 27 heavy (non-hydrogen) atoms. The van der Waals surface area contributed by atoms with Crippen molar-refractivity contribution in [2.75, 3.05) is 19.5 Å². The zero-order valence-corrected chi connectivity index (χ0v) is 15.6. The van der Waals surface area contributed by atoms with Crippen LogP contribution in [0.1, 0.15) is 46.4 Å². The average molecular weight is 368 g/mol. The molecule has 3 rings (SSSR count). The number of hydrogen-bond donors (Lipinski definition) is 2. The molecule has 2 amide bonds. The van der Waals surface area contributed by atoms with E-state index in [0.29, 0.717) is 28.3 Å². The first-order chi connectivity index (χ1) is 13.1. The molecule has 2 aromatic rings. The van der Waals surface area contributed by atoms with Gasteiger partial charge in [0.05, 0.1) is 19.9 Å². The molecule has 2 N–H and O–H groups in total. The van der Waals surface area contributed by atoms with E-state index < -0.39 is 0 Å². The van der Waals surface area contributed by atoms with Crippen LogP contribution in [-0.4, -0.2) is 32.1 Å². The molecular weight excluding hydrogens is 344 g/mol. The van der Waals surface area contributed by atoms with Gasteiger partial charge in [0.2, 0.25) is 0 Å². The largest absolute Gasteiger partial charge is 0.497 e. The lowest BCUT2D eigenvalue weighted by molar-refractivity contribution is 0.0938. The maximum atomic E-state index is 12.6. The molecular formula is C21H24N2O4. The van der Waals surface area contributed by atoms with Crippen LogP contribution in [0.5, 0.6) is 11.5 Å². The number of ether oxygens (including phenoxy) is 2. The summed E-state index contributed by atoms with van der Waals surface area (Å²) in [5.74, 6) is 0.681. The summed E-state index contributed by atoms with van der Waals surface area (Å²) in [5, 5.41) is 5.85. The second kappa shape index (κ2) is 8.58. The summed E-state index contributed by atoms with van der Waals surface area (Å²) >= 11 is 0. The van der Waals surface area contributed by atoms with Crippen LogP contribution in [-0.2, 0) is 0 Å². The van der Waals surface area contributed by atoms with Crippen molar-refractivity contribution in [1.82, 2.24) is 5.32 Å². The Kier molecular flexibility index (Phi) is 5.96. The number of carbonyl (C=O) groups is 2. The van der Waals surface area contributed by atoms with Gasteiger partial charge >= 0.3 is 0 Å². The first-order valence-electron chi connectivity index (χ1n) is 9.05. The smallest absolute Gasteiger partial charge is 0.255 e. The summed E-state index contributed by atoms with van der Waals surface area (Å²) in [7, 11) is 3.09. The van der Waals surface area contributed by atoms with Crippen molar-refractivity contribution in [3.8, 4) is 11.5 Å². The van der Waals surface area contributed by atoms with E-state index in [4.69, 9.17) is 9.47 Å². The molecule has 0 aromatic heterocycles. The Morgan fingerprint density at radius 3 is 2.30 bits per heavy atom. The van der Waals surface area contributed by atoms with Gasteiger partial charge in [0.1, 0.15) is 11.5 Å². The third-order valence-corrected chi connectivity index (χ3v) is 4.73. The zero-order chi connectivity index (χ0) is 19.2. The number of amides is 2. The highest BCUT2D eigenvalue weighted by Gasteiger charge is 2.19. The van der Waals surface area contributed by atoms with Gasteiger partial charge in [-0.3, -0.25) is 9.59 Å². The minimum absolute atomic E-state index is 0.140. The fourth-order valence-electron chi connectivity index (χ4n) is 3.24. The van der Waals surface area contributed by atoms with Crippen molar-refractivity contribution >= 4 is 17.5 Å². The number of carbonyl (C=O) groups excluding carboxylic acids is 2. The van der Waals surface area contributed by atoms with E-state index in [9.17, 15) is 9.59 Å². The lowest BCUT2D eigenvalue weighted by Gasteiger charge is -2.13. The van der Waals surface area contributed by atoms with Crippen LogP contribution >= 0.6 is 0 Å². The Morgan fingerprint density at radius 2 is 1.63 bits per heavy atom. The Labute approximate surface area is 158 Å². The molecule has 2 aromatic carbocycles. The molecule has 0 aliphatic heterocycles. The van der Waals surface area contributed by atoms with Gasteiger partial charge in [-0.15, -0.1) is 0 Å². The van der Waals surface area contributed by atoms with Gasteiger partial charge in [-0.2, -0.15) is 0 Å². The Balaban J connectivity index is 1.72. The van der Waals surface area contributed by atoms with Crippen LogP contribution in [0.2, 0.25) is 0 Å². The van der Waals surface area contributed by atoms with Gasteiger partial charge in [-0.05, 0) is 43.2 Å². The van der Waals surface area contributed by atoms with Crippen molar-refractivity contribution in [3.05, 3.63) is 53.6 Å². The van der Waals surface area contributed by atoms with Crippen molar-refractivity contribution in [2.24, 2.45) is 0 Å². The molecule has 0 spiro atoms. The van der Waals surface area contributed by atoms with E-state index in [1.807, 2.05) is 0 Å². The fourth-order valence-corrected chi connectivity index (χ4v) is 3.24. The molecule has 1 aliphatic rings. The lowest BCUT2D eigenvalue weighted by Crippen LogP contribution is -2.32. The van der Waals surface area contributed by atoms with E-state index >= 15 is 0 Å². The molecule has 1 saturated carbocycles. The standard InChI is InChI=1S/C21H24N2O4/c1-26-17-10-11-18(19(13-17)27-2)23-21(25)15-7-5-6-14(12-15)20(24)22-16-8-3-4-9-16/h5-7,10-13,16H,3-4,8-9H2,1-2H3,(H,22,24)(H,23,25). The third kappa shape index (κ3) is 4.58. The summed E-state index contributed by atoms with van der Waals surface area (Å²) in [6.45, 7) is 0. The van der Waals surface area contributed by atoms with Crippen molar-refractivity contribution < 1.29 is 19.1 Å². The Hall–Kier alpha value is -3.02. The van der Waals surface area contributed by atoms with E-state index in [2.05, 4.69) is 10.6 Å². The number of benzene rings is 2. The topological polar surface area (TPSA) is 76.7 Å². The molecule has 0 unspecified atom stereocenters. The number of nitrogens with one attached hydrogen (secondary N) is 2. The quantitative estimate of drug-likeness (QED) is 0.816. The SMILES string of the molecule is COc1ccc(NC(=O)c2cccc(C(=O)NC3CCCC3)c2)c(OC)c1. The molecule has 0 radical (unpaired) electrons. The van der Waals surface area contributed by atoms with Crippen molar-refractivity contribution in [2.45, 2.75) is 31.7 Å². The molecule has 0 saturated heterocycles. The van der Waals surface area contributed by atoms with Crippen molar-refractivity contribution in [1.29, 1.82) is 0 Å². The molecule has 0 heterocycles. The molecule has 0 atom stereocenters. The lowest BCUT2D eigenvalue weighted by atomic mass is 10.1. The van der Waals surface area contributed by atoms with Gasteiger partial charge < -0.3 is 20.1 Å². The summed E-state index contributed by atoms with van der Waals surface area (Å²) in [6.07, 6.45) is 4.33. The predicted octanol–water partition coefficient (Wildman–Crippen LogP) is 3.63. The van der Waals surface area contributed by atoms with Gasteiger partial charge in [-0.25, -0.2) is 0 Å². The van der Waals surface area contributed by atoms with Gasteiger partial charge in [-0.1, -0.05) is 18.9 Å². The molecule has 6 nitrogen and oxygen atoms in total. The highest BCUT2D eigenvalue weighted by molar-refractivity contribution is 6.06. The summed E-state index contributed by atoms with van der Waals surface area (Å²) in [4.78, 5) is 25.1. The van der Waals surface area contributed by atoms with Crippen LogP contribution in [0.4, 0.5) is 5.69 Å². The Morgan fingerprint density at radius 1 is 0.926 bits per heavy atom. The number of hydrogen-bond acceptors (Lipinski definition) is 4. The zero-order valence-electron chi connectivity index (χ0n) is 15.6. The number of anilines is 1. The number of rotatable bonds is 6. The van der Waals surface area contributed by atoms with Crippen LogP contribution in [0, 0.1) is 0 Å². The Bertz CT molecular complexity index is 829. The van der Waals surface area contributed by atoms with Crippen LogP contribution in [0.25, 0.3) is 0 Å². The van der Waals surface area contributed by atoms with Crippen LogP contribution in [0.15, 0.2) is 42.5 Å². The van der Waals surface area contributed by atoms with Crippen LogP contribution < -0.4 is 20.1 Å². The minimum Gasteiger partial charge on any atom is -0.497 e. The molecule has 142 valence electrons. The normalized spacial score (nSPS) is 13.9. The summed E-state index contributed by atoms with van der Waals surface area (Å²) in [5.41, 5.74) is 1.42. The van der Waals surface area contributed by atoms with Gasteiger partial charge in [0, 0.05) is 23.2 Å². The van der Waals surface area contributed by atoms with Gasteiger partial charge in [0.15, 0.2) is 0 Å². The predicted molar refractivity (Wildman–Crippen MR) is 104 cm³/mol. The molecule has 1 fully saturated rings. The van der Waals surface area contributed by atoms with E-state index in [1.54, 1.807) is 49.6 Å². The highest BCUT2D eigenvalue weighted by atomic mass is 16.5. The average Bonchev–Trinajstić information content (AvgIpc) is 3.21. The fraction of sp³-hybridized carbons (Fsp3) is 0.333. The molecule has 6 heteroatoms. The summed E-state index contributed by atoms with van der Waals surface area (Å²) < 4.78 is 10.5. The summed E-state index contributed by atoms with van der Waals surface area (Å²) in [6, 6.07) is 12.1. The highest BCUT2D eigenvalue weighted by Crippen LogP contribution is 2.29. The monoisotopic (exact) mass is 368 g/mol. The second-order valence-electron chi connectivity index (χ2n) is 6.56. The minimum atomic E-state index is -0.311. The first-order valence-corrected chi connectivity index (χ1v) is 9.05. The molecule has 0 bridgehead atoms. The van der Waals surface area contributed by atoms with E-state index in [-0.39, 0.29) is 17.9 Å². The second-order valence-corrected chi connectivity index (χ2v) is 6.56. The maximum Gasteiger partial charge on any atom is 0.255 e. The van der Waals surface area contributed by atoms with Crippen LogP contribution in [0.3, 0.4) is 0 Å². The third-order valence-electron chi connectivity index (χ3n) is 4.73. The van der Waals surface area contributed by atoms with E-state index in [1.165, 1.54) is 7.11 Å². The maximum absolute atomic E-state index is 12.6. The van der Waals surface area contributed by atoms with Crippen molar-refractivity contribution in [3.63, 3.8) is 0 Å². The molecule has 1 aliphatic carbocycles. The van der Waals surface area contributed by atoms with E-state index in [0.717, 1.165) is 25.7 Å². The first kappa shape index (κ1) is 18.8. The van der Waals surface area contributed by atoms with Gasteiger partial charge in [0.25, 0.3) is 11.8 Å². The number of methoxy groups -OCH3 is 2.